The van der Waals surface area contributed by atoms with E-state index in [2.05, 4.69) is 10.6 Å². The second-order valence-corrected chi connectivity index (χ2v) is 3.16. The molecule has 2 N–H and O–H groups in total. The average Bonchev–Trinajstić information content (AvgIpc) is 2.17. The Morgan fingerprint density at radius 1 is 0.786 bits per heavy atom. The first kappa shape index (κ1) is 10.5. The molecule has 0 aromatic rings. The molecule has 4 heteroatoms. The smallest absolute Gasteiger partial charge is 0.207 e. The van der Waals surface area contributed by atoms with E-state index in [0.29, 0.717) is 22.5 Å². The highest BCUT2D eigenvalue weighted by molar-refractivity contribution is 6.24. The van der Waals surface area contributed by atoms with Gasteiger partial charge in [-0.25, -0.2) is 0 Å². The second-order valence-electron chi connectivity index (χ2n) is 3.16. The van der Waals surface area contributed by atoms with Crippen LogP contribution in [-0.4, -0.2) is 25.7 Å². The van der Waals surface area contributed by atoms with E-state index in [1.54, 1.807) is 27.9 Å². The number of allylic oxidation sites excluding steroid dienone is 2. The van der Waals surface area contributed by atoms with Crippen LogP contribution in [0.1, 0.15) is 13.8 Å². The minimum Gasteiger partial charge on any atom is -0.385 e. The Bertz CT molecular complexity index is 328. The normalized spacial score (nSPS) is 17.7. The van der Waals surface area contributed by atoms with Crippen molar-refractivity contribution in [3.8, 4) is 0 Å². The van der Waals surface area contributed by atoms with Crippen LogP contribution < -0.4 is 10.6 Å². The van der Waals surface area contributed by atoms with Crippen LogP contribution in [0.5, 0.6) is 0 Å². The highest BCUT2D eigenvalue weighted by Gasteiger charge is 2.28. The molecule has 1 aliphatic rings. The number of Topliss-reactive ketones (excluding diaryl/α,β-unsaturated/α-hetero) is 2. The number of nitrogens with one attached hydrogen (secondary N) is 2. The second kappa shape index (κ2) is 3.65. The van der Waals surface area contributed by atoms with E-state index < -0.39 is 0 Å². The molecule has 0 saturated carbocycles. The standard InChI is InChI=1S/C10H14N2O2/c1-5-7(11-3)10(14)6(2)8(12-4)9(5)13/h11-12H,1-4H3. The van der Waals surface area contributed by atoms with E-state index in [-0.39, 0.29) is 11.6 Å². The summed E-state index contributed by atoms with van der Waals surface area (Å²) in [6, 6.07) is 0. The number of carbonyl (C=O) groups is 2. The summed E-state index contributed by atoms with van der Waals surface area (Å²) in [7, 11) is 3.28. The van der Waals surface area contributed by atoms with Gasteiger partial charge < -0.3 is 10.6 Å². The maximum Gasteiger partial charge on any atom is 0.207 e. The Labute approximate surface area is 83.1 Å². The summed E-state index contributed by atoms with van der Waals surface area (Å²) in [5, 5.41) is 5.51. The Balaban J connectivity index is 3.28. The summed E-state index contributed by atoms with van der Waals surface area (Å²) in [5.74, 6) is -0.233. The Hall–Kier alpha value is -1.58. The molecule has 4 nitrogen and oxygen atoms in total. The molecular formula is C10H14N2O2. The van der Waals surface area contributed by atoms with Gasteiger partial charge in [0, 0.05) is 25.2 Å². The molecule has 0 aliphatic heterocycles. The van der Waals surface area contributed by atoms with E-state index >= 15 is 0 Å². The van der Waals surface area contributed by atoms with Gasteiger partial charge in [-0.3, -0.25) is 9.59 Å². The molecule has 1 aliphatic carbocycles. The van der Waals surface area contributed by atoms with Crippen molar-refractivity contribution in [3.05, 3.63) is 22.5 Å². The lowest BCUT2D eigenvalue weighted by Gasteiger charge is -2.19. The number of carbonyl (C=O) groups excluding carboxylic acids is 2. The van der Waals surface area contributed by atoms with Crippen LogP contribution in [0.25, 0.3) is 0 Å². The van der Waals surface area contributed by atoms with Crippen LogP contribution >= 0.6 is 0 Å². The summed E-state index contributed by atoms with van der Waals surface area (Å²) in [5.41, 5.74) is 1.72. The quantitative estimate of drug-likeness (QED) is 0.613. The molecule has 0 spiro atoms. The molecule has 0 aromatic carbocycles. The van der Waals surface area contributed by atoms with Crippen LogP contribution in [0, 0.1) is 0 Å². The van der Waals surface area contributed by atoms with Gasteiger partial charge in [-0.15, -0.1) is 0 Å². The first-order valence-corrected chi connectivity index (χ1v) is 4.41. The largest absolute Gasteiger partial charge is 0.385 e. The molecule has 0 radical (unpaired) electrons. The third kappa shape index (κ3) is 1.32. The molecular weight excluding hydrogens is 180 g/mol. The van der Waals surface area contributed by atoms with E-state index in [4.69, 9.17) is 0 Å². The summed E-state index contributed by atoms with van der Waals surface area (Å²) in [6.07, 6.45) is 0. The molecule has 0 bridgehead atoms. The highest BCUT2D eigenvalue weighted by atomic mass is 16.1. The maximum absolute atomic E-state index is 11.7. The van der Waals surface area contributed by atoms with Crippen LogP contribution in [-0.2, 0) is 9.59 Å². The van der Waals surface area contributed by atoms with Gasteiger partial charge >= 0.3 is 0 Å². The monoisotopic (exact) mass is 194 g/mol. The van der Waals surface area contributed by atoms with E-state index in [0.717, 1.165) is 0 Å². The topological polar surface area (TPSA) is 58.2 Å². The molecule has 0 unspecified atom stereocenters. The summed E-state index contributed by atoms with van der Waals surface area (Å²) >= 11 is 0. The first-order valence-electron chi connectivity index (χ1n) is 4.41. The van der Waals surface area contributed by atoms with Gasteiger partial charge in [0.25, 0.3) is 0 Å². The van der Waals surface area contributed by atoms with E-state index in [9.17, 15) is 9.59 Å². The fourth-order valence-corrected chi connectivity index (χ4v) is 1.54. The third-order valence-electron chi connectivity index (χ3n) is 2.39. The summed E-state index contributed by atoms with van der Waals surface area (Å²) < 4.78 is 0. The number of hydrogen-bond donors (Lipinski definition) is 2. The predicted molar refractivity (Wildman–Crippen MR) is 53.5 cm³/mol. The van der Waals surface area contributed by atoms with Crippen LogP contribution in [0.15, 0.2) is 22.5 Å². The lowest BCUT2D eigenvalue weighted by Crippen LogP contribution is -2.32. The zero-order valence-electron chi connectivity index (χ0n) is 8.82. The van der Waals surface area contributed by atoms with Crippen molar-refractivity contribution in [2.45, 2.75) is 13.8 Å². The minimum absolute atomic E-state index is 0.117. The van der Waals surface area contributed by atoms with Crippen molar-refractivity contribution in [1.29, 1.82) is 0 Å². The molecule has 0 heterocycles. The van der Waals surface area contributed by atoms with Gasteiger partial charge in [-0.1, -0.05) is 0 Å². The van der Waals surface area contributed by atoms with Gasteiger partial charge in [0.05, 0.1) is 11.4 Å². The number of ketones is 2. The van der Waals surface area contributed by atoms with Gasteiger partial charge in [-0.05, 0) is 13.8 Å². The summed E-state index contributed by atoms with van der Waals surface area (Å²) in [4.78, 5) is 23.4. The highest BCUT2D eigenvalue weighted by Crippen LogP contribution is 2.20. The Morgan fingerprint density at radius 3 is 1.29 bits per heavy atom. The van der Waals surface area contributed by atoms with Gasteiger partial charge in [-0.2, -0.15) is 0 Å². The first-order chi connectivity index (χ1) is 6.54. The van der Waals surface area contributed by atoms with Crippen molar-refractivity contribution in [2.24, 2.45) is 0 Å². The van der Waals surface area contributed by atoms with Crippen molar-refractivity contribution in [2.75, 3.05) is 14.1 Å². The van der Waals surface area contributed by atoms with E-state index in [1.165, 1.54) is 0 Å². The molecule has 0 aromatic heterocycles. The van der Waals surface area contributed by atoms with Crippen molar-refractivity contribution in [1.82, 2.24) is 10.6 Å². The molecule has 0 atom stereocenters. The van der Waals surface area contributed by atoms with Gasteiger partial charge in [0.1, 0.15) is 0 Å². The average molecular weight is 194 g/mol. The number of likely N-dealkylation sites (N-methyl/N-ethyl adjacent to an activating group) is 2. The third-order valence-corrected chi connectivity index (χ3v) is 2.39. The Morgan fingerprint density at radius 2 is 1.07 bits per heavy atom. The van der Waals surface area contributed by atoms with Crippen LogP contribution in [0.4, 0.5) is 0 Å². The molecule has 76 valence electrons. The fourth-order valence-electron chi connectivity index (χ4n) is 1.54. The lowest BCUT2D eigenvalue weighted by molar-refractivity contribution is -0.117. The van der Waals surface area contributed by atoms with Crippen molar-refractivity contribution < 1.29 is 9.59 Å². The maximum atomic E-state index is 11.7. The fraction of sp³-hybridized carbons (Fsp3) is 0.400. The molecule has 0 saturated heterocycles. The van der Waals surface area contributed by atoms with E-state index in [1.807, 2.05) is 0 Å². The SMILES string of the molecule is CNC1=C(C)C(=O)C(NC)=C(C)C1=O. The van der Waals surface area contributed by atoms with Crippen LogP contribution in [0.3, 0.4) is 0 Å². The number of rotatable bonds is 2. The molecule has 0 amide bonds. The Kier molecular flexibility index (Phi) is 2.74. The van der Waals surface area contributed by atoms with Crippen molar-refractivity contribution in [3.63, 3.8) is 0 Å². The van der Waals surface area contributed by atoms with Gasteiger partial charge in [0.2, 0.25) is 11.6 Å². The summed E-state index contributed by atoms with van der Waals surface area (Å²) in [6.45, 7) is 3.30. The van der Waals surface area contributed by atoms with Gasteiger partial charge in [0.15, 0.2) is 0 Å². The molecule has 14 heavy (non-hydrogen) atoms. The van der Waals surface area contributed by atoms with Crippen molar-refractivity contribution >= 4 is 11.6 Å². The molecule has 0 fully saturated rings. The molecule has 1 rings (SSSR count). The zero-order valence-corrected chi connectivity index (χ0v) is 8.82. The lowest BCUT2D eigenvalue weighted by atomic mass is 9.93. The number of hydrogen-bond acceptors (Lipinski definition) is 4. The zero-order chi connectivity index (χ0) is 10.9. The minimum atomic E-state index is -0.117. The van der Waals surface area contributed by atoms with Crippen LogP contribution in [0.2, 0.25) is 0 Å². The predicted octanol–water partition coefficient (Wildman–Crippen LogP) is 0.125.